The fourth-order valence-corrected chi connectivity index (χ4v) is 2.75. The lowest BCUT2D eigenvalue weighted by Gasteiger charge is -2.16. The third-order valence-corrected chi connectivity index (χ3v) is 4.00. The second-order valence-electron chi connectivity index (χ2n) is 4.96. The van der Waals surface area contributed by atoms with Crippen molar-refractivity contribution in [2.45, 2.75) is 25.8 Å². The Labute approximate surface area is 138 Å². The number of thiocarbonyl (C=S) groups is 1. The molecule has 0 saturated carbocycles. The molecule has 5 heteroatoms. The number of nitrogens with one attached hydrogen (secondary N) is 1. The van der Waals surface area contributed by atoms with Crippen LogP contribution in [-0.2, 0) is 0 Å². The standard InChI is InChI=1S/C16H17BrN2OS/c1-2-14(9-15(18)21)19-16(20)12-4-3-11-8-13(17)6-5-10(11)7-12/h3-8,14H,2,9H2,1H3,(H2,18,21)(H,19,20). The van der Waals surface area contributed by atoms with Crippen LogP contribution >= 0.6 is 28.1 Å². The van der Waals surface area contributed by atoms with Gasteiger partial charge in [-0.25, -0.2) is 0 Å². The summed E-state index contributed by atoms with van der Waals surface area (Å²) in [6.07, 6.45) is 1.32. The number of hydrogen-bond donors (Lipinski definition) is 2. The molecule has 0 heterocycles. The molecule has 0 bridgehead atoms. The van der Waals surface area contributed by atoms with Gasteiger partial charge in [-0.2, -0.15) is 0 Å². The van der Waals surface area contributed by atoms with Crippen molar-refractivity contribution in [3.8, 4) is 0 Å². The monoisotopic (exact) mass is 364 g/mol. The second-order valence-corrected chi connectivity index (χ2v) is 6.40. The van der Waals surface area contributed by atoms with Crippen LogP contribution in [-0.4, -0.2) is 16.9 Å². The average Bonchev–Trinajstić information content (AvgIpc) is 2.45. The molecule has 110 valence electrons. The maximum Gasteiger partial charge on any atom is 0.251 e. The van der Waals surface area contributed by atoms with E-state index >= 15 is 0 Å². The predicted octanol–water partition coefficient (Wildman–Crippen LogP) is 3.79. The average molecular weight is 365 g/mol. The van der Waals surface area contributed by atoms with Crippen LogP contribution in [0.5, 0.6) is 0 Å². The van der Waals surface area contributed by atoms with Crippen LogP contribution < -0.4 is 11.1 Å². The lowest BCUT2D eigenvalue weighted by Crippen LogP contribution is -2.37. The molecule has 1 amide bonds. The molecule has 0 aliphatic carbocycles. The van der Waals surface area contributed by atoms with E-state index in [-0.39, 0.29) is 11.9 Å². The highest BCUT2D eigenvalue weighted by atomic mass is 79.9. The predicted molar refractivity (Wildman–Crippen MR) is 94.6 cm³/mol. The van der Waals surface area contributed by atoms with E-state index < -0.39 is 0 Å². The minimum Gasteiger partial charge on any atom is -0.393 e. The highest BCUT2D eigenvalue weighted by Gasteiger charge is 2.13. The van der Waals surface area contributed by atoms with Crippen molar-refractivity contribution in [3.05, 3.63) is 46.4 Å². The first-order chi connectivity index (χ1) is 9.99. The zero-order valence-corrected chi connectivity index (χ0v) is 14.1. The van der Waals surface area contributed by atoms with Crippen molar-refractivity contribution in [2.75, 3.05) is 0 Å². The van der Waals surface area contributed by atoms with Crippen molar-refractivity contribution in [2.24, 2.45) is 5.73 Å². The van der Waals surface area contributed by atoms with Gasteiger partial charge in [0.05, 0.1) is 4.99 Å². The van der Waals surface area contributed by atoms with Gasteiger partial charge < -0.3 is 11.1 Å². The summed E-state index contributed by atoms with van der Waals surface area (Å²) >= 11 is 8.35. The first-order valence-corrected chi connectivity index (χ1v) is 7.98. The zero-order valence-electron chi connectivity index (χ0n) is 11.7. The van der Waals surface area contributed by atoms with Crippen LogP contribution in [0.1, 0.15) is 30.1 Å². The van der Waals surface area contributed by atoms with Gasteiger partial charge in [0.15, 0.2) is 0 Å². The molecular weight excluding hydrogens is 348 g/mol. The van der Waals surface area contributed by atoms with Crippen LogP contribution in [0.3, 0.4) is 0 Å². The first kappa shape index (κ1) is 15.9. The van der Waals surface area contributed by atoms with Gasteiger partial charge in [0.1, 0.15) is 0 Å². The fourth-order valence-electron chi connectivity index (χ4n) is 2.17. The number of fused-ring (bicyclic) bond motifs is 1. The lowest BCUT2D eigenvalue weighted by molar-refractivity contribution is 0.0937. The zero-order chi connectivity index (χ0) is 15.4. The molecule has 2 aromatic carbocycles. The first-order valence-electron chi connectivity index (χ1n) is 6.78. The number of amides is 1. The summed E-state index contributed by atoms with van der Waals surface area (Å²) in [4.78, 5) is 12.7. The van der Waals surface area contributed by atoms with E-state index in [0.29, 0.717) is 17.0 Å². The summed E-state index contributed by atoms with van der Waals surface area (Å²) in [6.45, 7) is 2.00. The van der Waals surface area contributed by atoms with Crippen molar-refractivity contribution in [3.63, 3.8) is 0 Å². The third kappa shape index (κ3) is 4.25. The minimum absolute atomic E-state index is 0.0179. The number of halogens is 1. The molecule has 1 atom stereocenters. The summed E-state index contributed by atoms with van der Waals surface area (Å²) in [7, 11) is 0. The van der Waals surface area contributed by atoms with Gasteiger partial charge in [0, 0.05) is 22.5 Å². The molecular formula is C16H17BrN2OS. The maximum absolute atomic E-state index is 12.3. The van der Waals surface area contributed by atoms with Gasteiger partial charge >= 0.3 is 0 Å². The van der Waals surface area contributed by atoms with E-state index in [4.69, 9.17) is 18.0 Å². The smallest absolute Gasteiger partial charge is 0.251 e. The number of benzene rings is 2. The van der Waals surface area contributed by atoms with Crippen molar-refractivity contribution < 1.29 is 4.79 Å². The Hall–Kier alpha value is -1.46. The van der Waals surface area contributed by atoms with Crippen LogP contribution in [0.4, 0.5) is 0 Å². The van der Waals surface area contributed by atoms with E-state index in [9.17, 15) is 4.79 Å². The molecule has 0 saturated heterocycles. The normalized spacial score (nSPS) is 12.1. The Balaban J connectivity index is 2.19. The summed E-state index contributed by atoms with van der Waals surface area (Å²) in [5.74, 6) is -0.0945. The topological polar surface area (TPSA) is 55.1 Å². The molecule has 0 aromatic heterocycles. The van der Waals surface area contributed by atoms with Gasteiger partial charge in [-0.1, -0.05) is 47.2 Å². The Morgan fingerprint density at radius 1 is 1.29 bits per heavy atom. The molecule has 1 unspecified atom stereocenters. The Kier molecular flexibility index (Phi) is 5.31. The van der Waals surface area contributed by atoms with E-state index in [2.05, 4.69) is 21.2 Å². The number of carbonyl (C=O) groups excluding carboxylic acids is 1. The van der Waals surface area contributed by atoms with Gasteiger partial charge in [-0.15, -0.1) is 0 Å². The molecule has 0 radical (unpaired) electrons. The highest BCUT2D eigenvalue weighted by molar-refractivity contribution is 9.10. The minimum atomic E-state index is -0.0945. The summed E-state index contributed by atoms with van der Waals surface area (Å²) in [5, 5.41) is 5.10. The highest BCUT2D eigenvalue weighted by Crippen LogP contribution is 2.21. The fraction of sp³-hybridized carbons (Fsp3) is 0.250. The Morgan fingerprint density at radius 3 is 2.62 bits per heavy atom. The maximum atomic E-state index is 12.3. The summed E-state index contributed by atoms with van der Waals surface area (Å²) in [5.41, 5.74) is 6.19. The van der Waals surface area contributed by atoms with Crippen molar-refractivity contribution >= 4 is 49.8 Å². The van der Waals surface area contributed by atoms with Crippen molar-refractivity contribution in [1.82, 2.24) is 5.32 Å². The van der Waals surface area contributed by atoms with Gasteiger partial charge in [0.2, 0.25) is 0 Å². The van der Waals surface area contributed by atoms with Gasteiger partial charge in [0.25, 0.3) is 5.91 Å². The summed E-state index contributed by atoms with van der Waals surface area (Å²) < 4.78 is 1.02. The molecule has 0 spiro atoms. The van der Waals surface area contributed by atoms with E-state index in [1.165, 1.54) is 0 Å². The largest absolute Gasteiger partial charge is 0.393 e. The second kappa shape index (κ2) is 7.00. The van der Waals surface area contributed by atoms with E-state index in [1.807, 2.05) is 43.3 Å². The number of rotatable bonds is 5. The quantitative estimate of drug-likeness (QED) is 0.793. The molecule has 0 aliphatic heterocycles. The van der Waals surface area contributed by atoms with E-state index in [0.717, 1.165) is 21.7 Å². The van der Waals surface area contributed by atoms with Gasteiger partial charge in [-0.05, 0) is 41.5 Å². The number of carbonyl (C=O) groups is 1. The molecule has 3 N–H and O–H groups in total. The van der Waals surface area contributed by atoms with Crippen molar-refractivity contribution in [1.29, 1.82) is 0 Å². The molecule has 0 aliphatic rings. The Morgan fingerprint density at radius 2 is 1.95 bits per heavy atom. The molecule has 3 nitrogen and oxygen atoms in total. The third-order valence-electron chi connectivity index (χ3n) is 3.34. The molecule has 0 fully saturated rings. The lowest BCUT2D eigenvalue weighted by atomic mass is 10.1. The Bertz CT molecular complexity index is 687. The summed E-state index contributed by atoms with van der Waals surface area (Å²) in [6, 6.07) is 11.6. The van der Waals surface area contributed by atoms with Crippen LogP contribution in [0.15, 0.2) is 40.9 Å². The van der Waals surface area contributed by atoms with Crippen LogP contribution in [0.2, 0.25) is 0 Å². The SMILES string of the molecule is CCC(CC(N)=S)NC(=O)c1ccc2cc(Br)ccc2c1. The van der Waals surface area contributed by atoms with E-state index in [1.54, 1.807) is 0 Å². The molecule has 21 heavy (non-hydrogen) atoms. The van der Waals surface area contributed by atoms with Crippen LogP contribution in [0, 0.1) is 0 Å². The van der Waals surface area contributed by atoms with Gasteiger partial charge in [-0.3, -0.25) is 4.79 Å². The number of hydrogen-bond acceptors (Lipinski definition) is 2. The number of nitrogens with two attached hydrogens (primary N) is 1. The molecule has 2 aromatic rings. The molecule has 2 rings (SSSR count). The van der Waals surface area contributed by atoms with Crippen LogP contribution in [0.25, 0.3) is 10.8 Å².